The molecular weight excluding hydrogens is 442 g/mol. The largest absolute Gasteiger partial charge is 0.462 e. The van der Waals surface area contributed by atoms with E-state index >= 15 is 0 Å². The Bertz CT molecular complexity index is 944. The molecule has 0 saturated heterocycles. The fourth-order valence-electron chi connectivity index (χ4n) is 3.15. The van der Waals surface area contributed by atoms with Crippen LogP contribution in [-0.2, 0) is 22.5 Å². The molecule has 1 atom stereocenters. The van der Waals surface area contributed by atoms with Crippen molar-refractivity contribution in [3.63, 3.8) is 0 Å². The molecule has 3 aromatic rings. The van der Waals surface area contributed by atoms with E-state index in [1.807, 2.05) is 49.5 Å². The number of hydrogen-bond donors (Lipinski definition) is 0. The van der Waals surface area contributed by atoms with Gasteiger partial charge in [-0.25, -0.2) is 4.79 Å². The summed E-state index contributed by atoms with van der Waals surface area (Å²) in [5, 5.41) is 0. The van der Waals surface area contributed by atoms with E-state index in [1.54, 1.807) is 19.1 Å². The Morgan fingerprint density at radius 2 is 1.67 bits per heavy atom. The van der Waals surface area contributed by atoms with Crippen LogP contribution in [0.15, 0.2) is 83.3 Å². The van der Waals surface area contributed by atoms with E-state index in [9.17, 15) is 4.79 Å². The predicted octanol–water partition coefficient (Wildman–Crippen LogP) is 5.85. The zero-order valence-corrected chi connectivity index (χ0v) is 18.8. The molecule has 0 aliphatic carbocycles. The number of anilines is 1. The lowest BCUT2D eigenvalue weighted by Crippen LogP contribution is -2.36. The molecule has 0 bridgehead atoms. The molecule has 3 rings (SSSR count). The number of likely N-dealkylation sites (N-methyl/N-ethyl adjacent to an activating group) is 1. The monoisotopic (exact) mass is 467 g/mol. The first-order valence-electron chi connectivity index (χ1n) is 9.97. The second-order valence-corrected chi connectivity index (χ2v) is 7.88. The van der Waals surface area contributed by atoms with Crippen molar-refractivity contribution < 1.29 is 14.3 Å². The lowest BCUT2D eigenvalue weighted by atomic mass is 10.1. The number of rotatable bonds is 9. The van der Waals surface area contributed by atoms with Gasteiger partial charge < -0.3 is 14.4 Å². The van der Waals surface area contributed by atoms with Crippen molar-refractivity contribution in [1.29, 1.82) is 0 Å². The Morgan fingerprint density at radius 1 is 0.967 bits per heavy atom. The summed E-state index contributed by atoms with van der Waals surface area (Å²) >= 11 is 3.55. The summed E-state index contributed by atoms with van der Waals surface area (Å²) < 4.78 is 12.4. The van der Waals surface area contributed by atoms with Crippen molar-refractivity contribution in [2.45, 2.75) is 26.2 Å². The molecule has 5 heteroatoms. The highest BCUT2D eigenvalue weighted by molar-refractivity contribution is 9.10. The van der Waals surface area contributed by atoms with Gasteiger partial charge in [0, 0.05) is 23.6 Å². The molecule has 0 radical (unpaired) electrons. The first-order chi connectivity index (χ1) is 14.6. The first kappa shape index (κ1) is 22.1. The molecule has 0 aliphatic rings. The van der Waals surface area contributed by atoms with Crippen molar-refractivity contribution in [2.24, 2.45) is 0 Å². The minimum absolute atomic E-state index is 0.173. The summed E-state index contributed by atoms with van der Waals surface area (Å²) in [5.74, 6) is -0.308. The van der Waals surface area contributed by atoms with Gasteiger partial charge in [-0.2, -0.15) is 0 Å². The molecule has 3 aromatic carbocycles. The summed E-state index contributed by atoms with van der Waals surface area (Å²) in [6.45, 7) is 2.68. The number of carbonyl (C=O) groups excluding carboxylic acids is 1. The summed E-state index contributed by atoms with van der Waals surface area (Å²) in [7, 11) is 2.01. The van der Waals surface area contributed by atoms with Gasteiger partial charge in [0.15, 0.2) is 0 Å². The van der Waals surface area contributed by atoms with Gasteiger partial charge in [-0.15, -0.1) is 0 Å². The Balaban J connectivity index is 1.77. The molecule has 0 aromatic heterocycles. The van der Waals surface area contributed by atoms with E-state index < -0.39 is 0 Å². The summed E-state index contributed by atoms with van der Waals surface area (Å²) in [6, 6.07) is 25.8. The first-order valence-corrected chi connectivity index (χ1v) is 10.8. The Kier molecular flexibility index (Phi) is 8.05. The smallest absolute Gasteiger partial charge is 0.338 e. The van der Waals surface area contributed by atoms with Gasteiger partial charge in [-0.05, 0) is 54.4 Å². The van der Waals surface area contributed by atoms with Crippen molar-refractivity contribution in [3.8, 4) is 0 Å². The molecule has 0 heterocycles. The number of hydrogen-bond acceptors (Lipinski definition) is 4. The molecule has 0 N–H and O–H groups in total. The summed E-state index contributed by atoms with van der Waals surface area (Å²) in [6.07, 6.45) is 0.551. The van der Waals surface area contributed by atoms with E-state index in [2.05, 4.69) is 45.1 Å². The third-order valence-electron chi connectivity index (χ3n) is 4.80. The Labute approximate surface area is 186 Å². The van der Waals surface area contributed by atoms with Crippen LogP contribution in [0.5, 0.6) is 0 Å². The molecular formula is C25H26BrNO3. The van der Waals surface area contributed by atoms with Crippen LogP contribution in [0.25, 0.3) is 0 Å². The molecule has 0 spiro atoms. The van der Waals surface area contributed by atoms with Crippen molar-refractivity contribution in [3.05, 3.63) is 100 Å². The highest BCUT2D eigenvalue weighted by Crippen LogP contribution is 2.22. The average Bonchev–Trinajstić information content (AvgIpc) is 2.77. The highest BCUT2D eigenvalue weighted by atomic mass is 79.9. The van der Waals surface area contributed by atoms with E-state index in [1.165, 1.54) is 5.56 Å². The maximum absolute atomic E-state index is 11.9. The van der Waals surface area contributed by atoms with Gasteiger partial charge in [-0.3, -0.25) is 0 Å². The molecule has 0 amide bonds. The number of nitrogens with zero attached hydrogens (tertiary/aromatic N) is 1. The van der Waals surface area contributed by atoms with Crippen LogP contribution in [0.4, 0.5) is 5.69 Å². The normalized spacial score (nSPS) is 11.7. The molecule has 30 heavy (non-hydrogen) atoms. The fraction of sp³-hybridized carbons (Fsp3) is 0.240. The minimum atomic E-state index is -0.308. The van der Waals surface area contributed by atoms with Crippen LogP contribution < -0.4 is 4.90 Å². The van der Waals surface area contributed by atoms with Crippen LogP contribution in [0.2, 0.25) is 0 Å². The van der Waals surface area contributed by atoms with Crippen LogP contribution in [-0.4, -0.2) is 25.9 Å². The summed E-state index contributed by atoms with van der Waals surface area (Å²) in [5.41, 5.74) is 3.82. The quantitative estimate of drug-likeness (QED) is 0.292. The Hall–Kier alpha value is -2.63. The lowest BCUT2D eigenvalue weighted by Gasteiger charge is -2.30. The van der Waals surface area contributed by atoms with Crippen molar-refractivity contribution in [1.82, 2.24) is 0 Å². The minimum Gasteiger partial charge on any atom is -0.462 e. The highest BCUT2D eigenvalue weighted by Gasteiger charge is 2.18. The van der Waals surface area contributed by atoms with Crippen molar-refractivity contribution >= 4 is 27.6 Å². The second-order valence-electron chi connectivity index (χ2n) is 6.96. The maximum atomic E-state index is 11.9. The standard InChI is InChI=1S/C25H26BrNO3/c1-3-29-25(28)21-12-14-23(15-13-21)27(2)24(17-20-10-7-11-22(26)16-20)30-18-19-8-5-4-6-9-19/h4-16,24H,3,17-18H2,1-2H3. The van der Waals surface area contributed by atoms with Crippen LogP contribution in [0, 0.1) is 0 Å². The predicted molar refractivity (Wildman–Crippen MR) is 124 cm³/mol. The molecule has 156 valence electrons. The average molecular weight is 468 g/mol. The number of halogens is 1. The maximum Gasteiger partial charge on any atom is 0.338 e. The fourth-order valence-corrected chi connectivity index (χ4v) is 3.60. The number of benzene rings is 3. The van der Waals surface area contributed by atoms with Crippen LogP contribution in [0.1, 0.15) is 28.4 Å². The Morgan fingerprint density at radius 3 is 2.33 bits per heavy atom. The molecule has 0 saturated carbocycles. The van der Waals surface area contributed by atoms with Crippen LogP contribution >= 0.6 is 15.9 Å². The van der Waals surface area contributed by atoms with E-state index in [-0.39, 0.29) is 12.2 Å². The van der Waals surface area contributed by atoms with Crippen LogP contribution in [0.3, 0.4) is 0 Å². The summed E-state index contributed by atoms with van der Waals surface area (Å²) in [4.78, 5) is 14.0. The van der Waals surface area contributed by atoms with E-state index in [0.717, 1.165) is 22.1 Å². The van der Waals surface area contributed by atoms with E-state index in [0.29, 0.717) is 18.8 Å². The van der Waals surface area contributed by atoms with Gasteiger partial charge in [-0.1, -0.05) is 58.4 Å². The van der Waals surface area contributed by atoms with Gasteiger partial charge in [0.25, 0.3) is 0 Å². The van der Waals surface area contributed by atoms with Gasteiger partial charge in [0.05, 0.1) is 18.8 Å². The van der Waals surface area contributed by atoms with Gasteiger partial charge in [0.1, 0.15) is 6.23 Å². The van der Waals surface area contributed by atoms with Gasteiger partial charge in [0.2, 0.25) is 0 Å². The lowest BCUT2D eigenvalue weighted by molar-refractivity contribution is 0.0417. The zero-order valence-electron chi connectivity index (χ0n) is 17.3. The third-order valence-corrected chi connectivity index (χ3v) is 5.30. The topological polar surface area (TPSA) is 38.8 Å². The number of ether oxygens (including phenoxy) is 2. The van der Waals surface area contributed by atoms with E-state index in [4.69, 9.17) is 9.47 Å². The van der Waals surface area contributed by atoms with Gasteiger partial charge >= 0.3 is 5.97 Å². The number of esters is 1. The second kappa shape index (κ2) is 11.0. The molecule has 0 fully saturated rings. The number of carbonyl (C=O) groups is 1. The SMILES string of the molecule is CCOC(=O)c1ccc(N(C)C(Cc2cccc(Br)c2)OCc2ccccc2)cc1. The van der Waals surface area contributed by atoms with Crippen molar-refractivity contribution in [2.75, 3.05) is 18.6 Å². The molecule has 0 aliphatic heterocycles. The molecule has 4 nitrogen and oxygen atoms in total. The molecule has 1 unspecified atom stereocenters. The zero-order chi connectivity index (χ0) is 21.3. The third kappa shape index (κ3) is 6.18.